The number of ether oxygens (including phenoxy) is 2. The second kappa shape index (κ2) is 7.32. The number of aromatic nitrogens is 3. The van der Waals surface area contributed by atoms with Gasteiger partial charge in [-0.2, -0.15) is 27.8 Å². The topological polar surface area (TPSA) is 134 Å². The van der Waals surface area contributed by atoms with Gasteiger partial charge < -0.3 is 9.47 Å². The number of nitrogens with one attached hydrogen (secondary N) is 2. The number of amidine groups is 1. The van der Waals surface area contributed by atoms with Crippen molar-refractivity contribution in [2.45, 2.75) is 18.2 Å². The Hall–Kier alpha value is -3.20. The van der Waals surface area contributed by atoms with Gasteiger partial charge in [0.2, 0.25) is 5.95 Å². The lowest BCUT2D eigenvalue weighted by molar-refractivity contribution is -0.275. The van der Waals surface area contributed by atoms with Crippen LogP contribution in [0.25, 0.3) is 0 Å². The van der Waals surface area contributed by atoms with Crippen LogP contribution in [-0.2, 0) is 10.0 Å². The fraction of sp³-hybridized carbons (Fsp3) is 0.286. The maximum atomic E-state index is 12.9. The summed E-state index contributed by atoms with van der Waals surface area (Å²) >= 11 is 0. The summed E-state index contributed by atoms with van der Waals surface area (Å²) in [5, 5.41) is 9.07. The highest BCUT2D eigenvalue weighted by Crippen LogP contribution is 2.31. The number of para-hydroxylation sites is 1. The molecule has 156 valence electrons. The first-order chi connectivity index (χ1) is 13.5. The summed E-state index contributed by atoms with van der Waals surface area (Å²) < 4.78 is 72.8. The Morgan fingerprint density at radius 2 is 1.90 bits per heavy atom. The first kappa shape index (κ1) is 20.5. The molecular formula is C14H14F3N7O4S. The molecular weight excluding hydrogens is 419 g/mol. The third-order valence-corrected chi connectivity index (χ3v) is 5.17. The highest BCUT2D eigenvalue weighted by molar-refractivity contribution is 7.89. The zero-order valence-electron chi connectivity index (χ0n) is 14.9. The summed E-state index contributed by atoms with van der Waals surface area (Å²) in [4.78, 5) is 11.1. The van der Waals surface area contributed by atoms with Crippen molar-refractivity contribution in [1.82, 2.24) is 24.9 Å². The standard InChI is InChI=1S/C14H14F3N7O4S/c1-8-19-12(21-13(20-8)27-2)23-7-11(18)24(22-23)29(25,26)10-6-4-3-5-9(10)28-14(15,16)17/h3-6,18,22H,7H2,1-2H3. The number of methoxy groups -OCH3 is 1. The molecule has 0 radical (unpaired) electrons. The zero-order valence-corrected chi connectivity index (χ0v) is 15.7. The van der Waals surface area contributed by atoms with Crippen LogP contribution in [0.4, 0.5) is 19.1 Å². The first-order valence-corrected chi connectivity index (χ1v) is 9.23. The van der Waals surface area contributed by atoms with Gasteiger partial charge in [-0.3, -0.25) is 5.41 Å². The molecule has 1 fully saturated rings. The van der Waals surface area contributed by atoms with Gasteiger partial charge in [-0.15, -0.1) is 18.7 Å². The number of rotatable bonds is 5. The van der Waals surface area contributed by atoms with Crippen molar-refractivity contribution < 1.29 is 31.1 Å². The second-order valence-electron chi connectivity index (χ2n) is 5.57. The SMILES string of the molecule is COc1nc(C)nc(N2CC(=N)N(S(=O)(=O)c3ccccc3OC(F)(F)F)N2)n1. The van der Waals surface area contributed by atoms with E-state index < -0.39 is 32.9 Å². The smallest absolute Gasteiger partial charge is 0.467 e. The van der Waals surface area contributed by atoms with E-state index in [0.717, 1.165) is 17.1 Å². The van der Waals surface area contributed by atoms with Gasteiger partial charge in [-0.05, 0) is 19.1 Å². The van der Waals surface area contributed by atoms with E-state index in [0.29, 0.717) is 4.41 Å². The number of benzene rings is 1. The number of aryl methyl sites for hydroxylation is 1. The summed E-state index contributed by atoms with van der Waals surface area (Å²) in [6, 6.07) is 4.18. The molecule has 3 rings (SSSR count). The Morgan fingerprint density at radius 3 is 2.55 bits per heavy atom. The number of halogens is 3. The van der Waals surface area contributed by atoms with Crippen LogP contribution in [-0.4, -0.2) is 53.6 Å². The average Bonchev–Trinajstić information content (AvgIpc) is 3.03. The van der Waals surface area contributed by atoms with Crippen LogP contribution in [0.15, 0.2) is 29.2 Å². The summed E-state index contributed by atoms with van der Waals surface area (Å²) in [6.45, 7) is 1.25. The number of hydrazine groups is 2. The molecule has 0 bridgehead atoms. The molecule has 1 saturated heterocycles. The molecule has 1 aliphatic heterocycles. The number of sulfonamides is 1. The molecule has 0 saturated carbocycles. The van der Waals surface area contributed by atoms with E-state index in [4.69, 9.17) is 10.1 Å². The minimum absolute atomic E-state index is 0.0361. The van der Waals surface area contributed by atoms with Crippen molar-refractivity contribution in [2.24, 2.45) is 0 Å². The van der Waals surface area contributed by atoms with Gasteiger partial charge in [0.1, 0.15) is 16.5 Å². The van der Waals surface area contributed by atoms with Crippen molar-refractivity contribution in [1.29, 1.82) is 5.41 Å². The average molecular weight is 433 g/mol. The van der Waals surface area contributed by atoms with Gasteiger partial charge in [-0.25, -0.2) is 5.01 Å². The predicted octanol–water partition coefficient (Wildman–Crippen LogP) is 0.995. The zero-order chi connectivity index (χ0) is 21.4. The summed E-state index contributed by atoms with van der Waals surface area (Å²) in [7, 11) is -3.30. The molecule has 0 spiro atoms. The van der Waals surface area contributed by atoms with E-state index in [1.54, 1.807) is 6.92 Å². The monoisotopic (exact) mass is 433 g/mol. The second-order valence-corrected chi connectivity index (χ2v) is 7.32. The van der Waals surface area contributed by atoms with Crippen molar-refractivity contribution in [3.63, 3.8) is 0 Å². The fourth-order valence-electron chi connectivity index (χ4n) is 2.36. The Balaban J connectivity index is 1.94. The Kier molecular flexibility index (Phi) is 5.18. The lowest BCUT2D eigenvalue weighted by atomic mass is 10.3. The quantitative estimate of drug-likeness (QED) is 0.708. The van der Waals surface area contributed by atoms with E-state index >= 15 is 0 Å². The molecule has 2 aromatic rings. The molecule has 0 amide bonds. The predicted molar refractivity (Wildman–Crippen MR) is 91.5 cm³/mol. The van der Waals surface area contributed by atoms with Gasteiger partial charge in [0.05, 0.1) is 13.7 Å². The number of hydrogen-bond donors (Lipinski definition) is 2. The van der Waals surface area contributed by atoms with Gasteiger partial charge in [0, 0.05) is 0 Å². The molecule has 1 aromatic carbocycles. The van der Waals surface area contributed by atoms with Crippen molar-refractivity contribution in [3.05, 3.63) is 30.1 Å². The van der Waals surface area contributed by atoms with Gasteiger partial charge in [0.25, 0.3) is 10.0 Å². The van der Waals surface area contributed by atoms with Crippen molar-refractivity contribution in [2.75, 3.05) is 18.7 Å². The molecule has 2 N–H and O–H groups in total. The number of alkyl halides is 3. The third-order valence-electron chi connectivity index (χ3n) is 3.50. The largest absolute Gasteiger partial charge is 0.573 e. The molecule has 0 unspecified atom stereocenters. The summed E-state index contributed by atoms with van der Waals surface area (Å²) in [6.07, 6.45) is -5.09. The van der Waals surface area contributed by atoms with Crippen LogP contribution < -0.4 is 20.0 Å². The van der Waals surface area contributed by atoms with Gasteiger partial charge >= 0.3 is 12.4 Å². The van der Waals surface area contributed by atoms with Crippen LogP contribution in [0, 0.1) is 12.3 Å². The van der Waals surface area contributed by atoms with Gasteiger partial charge in [-0.1, -0.05) is 12.1 Å². The Labute approximate surface area is 162 Å². The summed E-state index contributed by atoms with van der Waals surface area (Å²) in [5.74, 6) is -1.18. The van der Waals surface area contributed by atoms with E-state index in [9.17, 15) is 21.6 Å². The van der Waals surface area contributed by atoms with E-state index in [1.165, 1.54) is 19.2 Å². The van der Waals surface area contributed by atoms with Crippen molar-refractivity contribution in [3.8, 4) is 11.8 Å². The Bertz CT molecular complexity index is 1050. The molecule has 15 heteroatoms. The number of nitrogens with zero attached hydrogens (tertiary/aromatic N) is 5. The number of anilines is 1. The fourth-order valence-corrected chi connectivity index (χ4v) is 3.72. The lowest BCUT2D eigenvalue weighted by Crippen LogP contribution is -2.44. The molecule has 1 aromatic heterocycles. The van der Waals surface area contributed by atoms with E-state index in [1.807, 2.05) is 0 Å². The minimum Gasteiger partial charge on any atom is -0.467 e. The van der Waals surface area contributed by atoms with Crippen LogP contribution >= 0.6 is 0 Å². The normalized spacial score (nSPS) is 15.0. The molecule has 11 nitrogen and oxygen atoms in total. The van der Waals surface area contributed by atoms with Gasteiger partial charge in [0.15, 0.2) is 5.84 Å². The van der Waals surface area contributed by atoms with Crippen molar-refractivity contribution >= 4 is 21.8 Å². The van der Waals surface area contributed by atoms with Crippen LogP contribution in [0.2, 0.25) is 0 Å². The molecule has 0 atom stereocenters. The maximum absolute atomic E-state index is 12.9. The molecule has 1 aliphatic rings. The Morgan fingerprint density at radius 1 is 1.21 bits per heavy atom. The third kappa shape index (κ3) is 4.29. The van der Waals surface area contributed by atoms with Crippen LogP contribution in [0.5, 0.6) is 11.8 Å². The van der Waals surface area contributed by atoms with Crippen LogP contribution in [0.3, 0.4) is 0 Å². The molecule has 2 heterocycles. The first-order valence-electron chi connectivity index (χ1n) is 7.79. The lowest BCUT2D eigenvalue weighted by Gasteiger charge is -2.21. The highest BCUT2D eigenvalue weighted by Gasteiger charge is 2.40. The van der Waals surface area contributed by atoms with E-state index in [-0.39, 0.29) is 24.3 Å². The minimum atomic E-state index is -5.09. The molecule has 29 heavy (non-hydrogen) atoms. The van der Waals surface area contributed by atoms with E-state index in [2.05, 4.69) is 25.2 Å². The maximum Gasteiger partial charge on any atom is 0.573 e. The van der Waals surface area contributed by atoms with Crippen LogP contribution in [0.1, 0.15) is 5.82 Å². The summed E-state index contributed by atoms with van der Waals surface area (Å²) in [5.41, 5.74) is 2.37. The highest BCUT2D eigenvalue weighted by atomic mass is 32.2. The number of hydrogen-bond acceptors (Lipinski definition) is 10. The molecule has 0 aliphatic carbocycles.